The third kappa shape index (κ3) is 3.95. The Bertz CT molecular complexity index is 649. The first kappa shape index (κ1) is 14.8. The smallest absolute Gasteiger partial charge is 0.276 e. The molecular formula is C14H14F2N4O. The molecule has 2 aromatic rings. The summed E-state index contributed by atoms with van der Waals surface area (Å²) in [6.45, 7) is 2.68. The molecule has 1 amide bonds. The number of benzene rings is 1. The molecule has 1 aromatic heterocycles. The second-order valence-electron chi connectivity index (χ2n) is 4.29. The zero-order valence-electron chi connectivity index (χ0n) is 11.4. The number of rotatable bonds is 5. The van der Waals surface area contributed by atoms with Gasteiger partial charge in [0, 0.05) is 12.6 Å². The van der Waals surface area contributed by atoms with Gasteiger partial charge in [0.2, 0.25) is 0 Å². The summed E-state index contributed by atoms with van der Waals surface area (Å²) in [5.74, 6) is -1.58. The standard InChI is InChI=1S/C14H14F2N4O/c1-2-5-18-13-8-17-7-12(19-13)14(21)20-11-6-9(15)3-4-10(11)16/h3-4,6-8H,2,5H2,1H3,(H,18,19)(H,20,21). The van der Waals surface area contributed by atoms with Gasteiger partial charge in [0.1, 0.15) is 23.1 Å². The van der Waals surface area contributed by atoms with Crippen LogP contribution in [0.3, 0.4) is 0 Å². The molecule has 0 saturated carbocycles. The van der Waals surface area contributed by atoms with Gasteiger partial charge < -0.3 is 10.6 Å². The highest BCUT2D eigenvalue weighted by Gasteiger charge is 2.12. The predicted molar refractivity (Wildman–Crippen MR) is 75.1 cm³/mol. The first-order valence-corrected chi connectivity index (χ1v) is 6.42. The number of hydrogen-bond donors (Lipinski definition) is 2. The van der Waals surface area contributed by atoms with Crippen LogP contribution in [0.25, 0.3) is 0 Å². The van der Waals surface area contributed by atoms with Crippen molar-refractivity contribution in [3.63, 3.8) is 0 Å². The number of anilines is 2. The van der Waals surface area contributed by atoms with Gasteiger partial charge in [-0.05, 0) is 18.6 Å². The number of nitrogens with one attached hydrogen (secondary N) is 2. The molecule has 5 nitrogen and oxygen atoms in total. The van der Waals surface area contributed by atoms with Gasteiger partial charge in [-0.25, -0.2) is 13.8 Å². The fourth-order valence-corrected chi connectivity index (χ4v) is 1.59. The third-order valence-electron chi connectivity index (χ3n) is 2.60. The SMILES string of the molecule is CCCNc1cncc(C(=O)Nc2cc(F)ccc2F)n1. The van der Waals surface area contributed by atoms with E-state index in [1.165, 1.54) is 12.4 Å². The Morgan fingerprint density at radius 2 is 2.10 bits per heavy atom. The molecular weight excluding hydrogens is 278 g/mol. The van der Waals surface area contributed by atoms with Crippen LogP contribution in [0.5, 0.6) is 0 Å². The topological polar surface area (TPSA) is 66.9 Å². The van der Waals surface area contributed by atoms with Crippen molar-refractivity contribution in [2.45, 2.75) is 13.3 Å². The van der Waals surface area contributed by atoms with Crippen molar-refractivity contribution < 1.29 is 13.6 Å². The number of hydrogen-bond acceptors (Lipinski definition) is 4. The molecule has 0 fully saturated rings. The lowest BCUT2D eigenvalue weighted by Gasteiger charge is -2.07. The molecule has 0 spiro atoms. The van der Waals surface area contributed by atoms with Gasteiger partial charge in [0.15, 0.2) is 0 Å². The highest BCUT2D eigenvalue weighted by atomic mass is 19.1. The Morgan fingerprint density at radius 3 is 2.86 bits per heavy atom. The van der Waals surface area contributed by atoms with Crippen molar-refractivity contribution in [1.82, 2.24) is 9.97 Å². The summed E-state index contributed by atoms with van der Waals surface area (Å²) < 4.78 is 26.5. The minimum atomic E-state index is -0.724. The number of carbonyl (C=O) groups is 1. The molecule has 0 bridgehead atoms. The summed E-state index contributed by atoms with van der Waals surface area (Å²) in [5.41, 5.74) is -0.228. The monoisotopic (exact) mass is 292 g/mol. The quantitative estimate of drug-likeness (QED) is 0.889. The van der Waals surface area contributed by atoms with Gasteiger partial charge >= 0.3 is 0 Å². The molecule has 0 unspecified atom stereocenters. The molecule has 2 rings (SSSR count). The van der Waals surface area contributed by atoms with Gasteiger partial charge in [0.25, 0.3) is 5.91 Å². The zero-order valence-corrected chi connectivity index (χ0v) is 11.4. The average Bonchev–Trinajstić information content (AvgIpc) is 2.49. The van der Waals surface area contributed by atoms with Gasteiger partial charge in [-0.2, -0.15) is 0 Å². The van der Waals surface area contributed by atoms with Crippen LogP contribution in [0.15, 0.2) is 30.6 Å². The van der Waals surface area contributed by atoms with E-state index in [2.05, 4.69) is 20.6 Å². The van der Waals surface area contributed by atoms with E-state index in [1.54, 1.807) is 0 Å². The lowest BCUT2D eigenvalue weighted by Crippen LogP contribution is -2.16. The van der Waals surface area contributed by atoms with Crippen LogP contribution in [-0.2, 0) is 0 Å². The summed E-state index contributed by atoms with van der Waals surface area (Å²) in [7, 11) is 0. The minimum Gasteiger partial charge on any atom is -0.369 e. The lowest BCUT2D eigenvalue weighted by molar-refractivity contribution is 0.102. The Kier molecular flexibility index (Phi) is 4.76. The van der Waals surface area contributed by atoms with E-state index in [4.69, 9.17) is 0 Å². The van der Waals surface area contributed by atoms with E-state index in [9.17, 15) is 13.6 Å². The number of carbonyl (C=O) groups excluding carboxylic acids is 1. The van der Waals surface area contributed by atoms with Crippen LogP contribution >= 0.6 is 0 Å². The van der Waals surface area contributed by atoms with Crippen LogP contribution in [0.1, 0.15) is 23.8 Å². The second kappa shape index (κ2) is 6.74. The highest BCUT2D eigenvalue weighted by Crippen LogP contribution is 2.16. The van der Waals surface area contributed by atoms with Crippen molar-refractivity contribution in [3.05, 3.63) is 47.9 Å². The van der Waals surface area contributed by atoms with E-state index in [-0.39, 0.29) is 11.4 Å². The van der Waals surface area contributed by atoms with E-state index in [0.717, 1.165) is 24.6 Å². The van der Waals surface area contributed by atoms with E-state index in [1.807, 2.05) is 6.92 Å². The molecule has 1 heterocycles. The van der Waals surface area contributed by atoms with Crippen molar-refractivity contribution in [2.75, 3.05) is 17.2 Å². The number of aromatic nitrogens is 2. The van der Waals surface area contributed by atoms with E-state index < -0.39 is 17.5 Å². The first-order valence-electron chi connectivity index (χ1n) is 6.42. The minimum absolute atomic E-state index is 0.0137. The molecule has 1 aromatic carbocycles. The average molecular weight is 292 g/mol. The number of halogens is 2. The van der Waals surface area contributed by atoms with Gasteiger partial charge in [-0.3, -0.25) is 9.78 Å². The Morgan fingerprint density at radius 1 is 1.29 bits per heavy atom. The molecule has 0 aliphatic rings. The fraction of sp³-hybridized carbons (Fsp3) is 0.214. The first-order chi connectivity index (χ1) is 10.1. The Labute approximate surface area is 120 Å². The van der Waals surface area contributed by atoms with Crippen LogP contribution in [0.4, 0.5) is 20.3 Å². The Balaban J connectivity index is 2.14. The molecule has 110 valence electrons. The fourth-order valence-electron chi connectivity index (χ4n) is 1.59. The number of amides is 1. The summed E-state index contributed by atoms with van der Waals surface area (Å²) in [5, 5.41) is 5.25. The summed E-state index contributed by atoms with van der Waals surface area (Å²) in [6, 6.07) is 2.82. The number of nitrogens with zero attached hydrogens (tertiary/aromatic N) is 2. The summed E-state index contributed by atoms with van der Waals surface area (Å²) in [4.78, 5) is 19.9. The molecule has 21 heavy (non-hydrogen) atoms. The second-order valence-corrected chi connectivity index (χ2v) is 4.29. The van der Waals surface area contributed by atoms with Crippen molar-refractivity contribution in [1.29, 1.82) is 0 Å². The van der Waals surface area contributed by atoms with Crippen LogP contribution in [0, 0.1) is 11.6 Å². The van der Waals surface area contributed by atoms with Gasteiger partial charge in [-0.15, -0.1) is 0 Å². The molecule has 0 saturated heterocycles. The lowest BCUT2D eigenvalue weighted by atomic mass is 10.3. The highest BCUT2D eigenvalue weighted by molar-refractivity contribution is 6.02. The summed E-state index contributed by atoms with van der Waals surface area (Å²) in [6.07, 6.45) is 3.63. The molecule has 0 radical (unpaired) electrons. The normalized spacial score (nSPS) is 10.2. The van der Waals surface area contributed by atoms with E-state index in [0.29, 0.717) is 12.4 Å². The zero-order chi connectivity index (χ0) is 15.2. The largest absolute Gasteiger partial charge is 0.369 e. The molecule has 0 aliphatic carbocycles. The van der Waals surface area contributed by atoms with Crippen molar-refractivity contribution in [3.8, 4) is 0 Å². The molecule has 0 aliphatic heterocycles. The maximum atomic E-state index is 13.5. The van der Waals surface area contributed by atoms with Crippen LogP contribution in [-0.4, -0.2) is 22.4 Å². The van der Waals surface area contributed by atoms with Crippen LogP contribution < -0.4 is 10.6 Å². The van der Waals surface area contributed by atoms with Crippen molar-refractivity contribution in [2.24, 2.45) is 0 Å². The predicted octanol–water partition coefficient (Wildman–Crippen LogP) is 2.83. The van der Waals surface area contributed by atoms with E-state index >= 15 is 0 Å². The third-order valence-corrected chi connectivity index (χ3v) is 2.60. The molecule has 7 heteroatoms. The maximum absolute atomic E-state index is 13.5. The molecule has 2 N–H and O–H groups in total. The van der Waals surface area contributed by atoms with Crippen LogP contribution in [0.2, 0.25) is 0 Å². The van der Waals surface area contributed by atoms with Crippen molar-refractivity contribution >= 4 is 17.4 Å². The molecule has 0 atom stereocenters. The van der Waals surface area contributed by atoms with Gasteiger partial charge in [-0.1, -0.05) is 6.92 Å². The maximum Gasteiger partial charge on any atom is 0.276 e. The summed E-state index contributed by atoms with van der Waals surface area (Å²) >= 11 is 0. The van der Waals surface area contributed by atoms with Gasteiger partial charge in [0.05, 0.1) is 18.1 Å². The Hall–Kier alpha value is -2.57.